The van der Waals surface area contributed by atoms with E-state index in [4.69, 9.17) is 4.74 Å². The number of aromatic amines is 1. The molecule has 1 aliphatic rings. The van der Waals surface area contributed by atoms with Gasteiger partial charge in [-0.3, -0.25) is 4.79 Å². The Morgan fingerprint density at radius 1 is 0.919 bits per heavy atom. The van der Waals surface area contributed by atoms with Crippen molar-refractivity contribution < 1.29 is 9.53 Å². The molecule has 4 aromatic carbocycles. The fourth-order valence-corrected chi connectivity index (χ4v) is 6.10. The normalized spacial score (nSPS) is 13.9. The molecule has 0 spiro atoms. The minimum atomic E-state index is -0.200. The summed E-state index contributed by atoms with van der Waals surface area (Å²) in [5.41, 5.74) is 4.23. The van der Waals surface area contributed by atoms with E-state index in [0.29, 0.717) is 12.8 Å². The molecule has 0 aliphatic heterocycles. The molecule has 1 atom stereocenters. The third-order valence-electron chi connectivity index (χ3n) is 7.00. The number of carbonyl (C=O) groups is 1. The van der Waals surface area contributed by atoms with Crippen LogP contribution in [0.2, 0.25) is 0 Å². The number of ketones is 1. The van der Waals surface area contributed by atoms with Crippen molar-refractivity contribution in [1.29, 1.82) is 0 Å². The maximum atomic E-state index is 12.8. The van der Waals surface area contributed by atoms with E-state index >= 15 is 0 Å². The van der Waals surface area contributed by atoms with Crippen molar-refractivity contribution in [2.24, 2.45) is 0 Å². The van der Waals surface area contributed by atoms with Gasteiger partial charge < -0.3 is 9.72 Å². The monoisotopic (exact) mass is 504 g/mol. The predicted molar refractivity (Wildman–Crippen MR) is 149 cm³/mol. The van der Waals surface area contributed by atoms with Crippen LogP contribution in [0.1, 0.15) is 51.8 Å². The van der Waals surface area contributed by atoms with Crippen LogP contribution in [0.5, 0.6) is 5.75 Å². The largest absolute Gasteiger partial charge is 0.485 e. The summed E-state index contributed by atoms with van der Waals surface area (Å²) in [5.74, 6) is 2.71. The molecule has 184 valence electrons. The van der Waals surface area contributed by atoms with Crippen LogP contribution in [0.25, 0.3) is 10.8 Å². The van der Waals surface area contributed by atoms with E-state index in [9.17, 15) is 4.79 Å². The molecular formula is C32H28N2O2S. The van der Waals surface area contributed by atoms with E-state index in [-0.39, 0.29) is 11.9 Å². The van der Waals surface area contributed by atoms with Gasteiger partial charge in [0.2, 0.25) is 0 Å². The average molecular weight is 505 g/mol. The molecule has 0 saturated carbocycles. The summed E-state index contributed by atoms with van der Waals surface area (Å²) in [4.78, 5) is 21.6. The van der Waals surface area contributed by atoms with Crippen molar-refractivity contribution in [3.8, 4) is 5.75 Å². The van der Waals surface area contributed by atoms with Gasteiger partial charge in [0.05, 0.1) is 0 Å². The molecule has 37 heavy (non-hydrogen) atoms. The standard InChI is InChI=1S/C32H28N2O2S/c35-29-12-6-11-26-27(29)15-16-30(28(26)21-37-25-14-13-22-7-4-5-10-24(22)19-25)36-31(20-32-33-17-18-34-32)23-8-2-1-3-9-23/h1-5,7-10,13-19,31H,6,11-12,20-21H2,(H,33,34)/t31-/m0/s1. The van der Waals surface area contributed by atoms with Crippen molar-refractivity contribution in [1.82, 2.24) is 9.97 Å². The first-order valence-electron chi connectivity index (χ1n) is 12.7. The number of hydrogen-bond acceptors (Lipinski definition) is 4. The molecule has 5 heteroatoms. The third-order valence-corrected chi connectivity index (χ3v) is 8.02. The topological polar surface area (TPSA) is 55.0 Å². The van der Waals surface area contributed by atoms with E-state index < -0.39 is 0 Å². The molecular weight excluding hydrogens is 476 g/mol. The van der Waals surface area contributed by atoms with Crippen molar-refractivity contribution in [3.05, 3.63) is 125 Å². The molecule has 4 nitrogen and oxygen atoms in total. The quantitative estimate of drug-likeness (QED) is 0.220. The second kappa shape index (κ2) is 10.7. The number of aromatic nitrogens is 2. The van der Waals surface area contributed by atoms with Gasteiger partial charge >= 0.3 is 0 Å². The number of thioether (sulfide) groups is 1. The van der Waals surface area contributed by atoms with Gasteiger partial charge in [-0.1, -0.05) is 60.7 Å². The molecule has 0 radical (unpaired) electrons. The van der Waals surface area contributed by atoms with Crippen LogP contribution >= 0.6 is 11.8 Å². The summed E-state index contributed by atoms with van der Waals surface area (Å²) >= 11 is 1.80. The first-order chi connectivity index (χ1) is 18.2. The van der Waals surface area contributed by atoms with E-state index in [1.165, 1.54) is 15.7 Å². The first-order valence-corrected chi connectivity index (χ1v) is 13.7. The third kappa shape index (κ3) is 5.18. The second-order valence-electron chi connectivity index (χ2n) is 9.40. The molecule has 0 unspecified atom stereocenters. The lowest BCUT2D eigenvalue weighted by Gasteiger charge is -2.25. The Hall–Kier alpha value is -3.83. The average Bonchev–Trinajstić information content (AvgIpc) is 3.46. The number of carbonyl (C=O) groups excluding carboxylic acids is 1. The van der Waals surface area contributed by atoms with Crippen LogP contribution in [0.3, 0.4) is 0 Å². The molecule has 1 heterocycles. The highest BCUT2D eigenvalue weighted by Crippen LogP contribution is 2.38. The number of fused-ring (bicyclic) bond motifs is 2. The van der Waals surface area contributed by atoms with Crippen LogP contribution in [-0.4, -0.2) is 15.8 Å². The number of benzene rings is 4. The summed E-state index contributed by atoms with van der Waals surface area (Å²) in [5, 5.41) is 2.47. The molecule has 0 bridgehead atoms. The lowest BCUT2D eigenvalue weighted by Crippen LogP contribution is -2.16. The molecule has 1 aliphatic carbocycles. The van der Waals surface area contributed by atoms with E-state index in [2.05, 4.69) is 64.6 Å². The van der Waals surface area contributed by atoms with Crippen LogP contribution in [0.4, 0.5) is 0 Å². The van der Waals surface area contributed by atoms with Gasteiger partial charge in [0.1, 0.15) is 17.7 Å². The smallest absolute Gasteiger partial charge is 0.163 e. The maximum Gasteiger partial charge on any atom is 0.163 e. The Kier molecular flexibility index (Phi) is 6.78. The minimum Gasteiger partial charge on any atom is -0.485 e. The number of H-pyrrole nitrogens is 1. The summed E-state index contributed by atoms with van der Waals surface area (Å²) in [6.45, 7) is 0. The molecule has 0 amide bonds. The molecule has 5 aromatic rings. The fourth-order valence-electron chi connectivity index (χ4n) is 5.09. The number of hydrogen-bond donors (Lipinski definition) is 1. The Morgan fingerprint density at radius 3 is 2.59 bits per heavy atom. The molecule has 6 rings (SSSR count). The predicted octanol–water partition coefficient (Wildman–Crippen LogP) is 7.74. The Balaban J connectivity index is 1.35. The van der Waals surface area contributed by atoms with Crippen molar-refractivity contribution in [2.45, 2.75) is 42.4 Å². The number of rotatable bonds is 8. The fraction of sp³-hybridized carbons (Fsp3) is 0.188. The number of ether oxygens (including phenoxy) is 1. The Morgan fingerprint density at radius 2 is 1.76 bits per heavy atom. The summed E-state index contributed by atoms with van der Waals surface area (Å²) in [6.07, 6.45) is 6.45. The van der Waals surface area contributed by atoms with Gasteiger partial charge in [0, 0.05) is 47.0 Å². The zero-order valence-electron chi connectivity index (χ0n) is 20.5. The highest BCUT2D eigenvalue weighted by molar-refractivity contribution is 7.98. The van der Waals surface area contributed by atoms with Crippen LogP contribution in [0, 0.1) is 0 Å². The minimum absolute atomic E-state index is 0.200. The lowest BCUT2D eigenvalue weighted by molar-refractivity contribution is 0.0972. The second-order valence-corrected chi connectivity index (χ2v) is 10.4. The highest BCUT2D eigenvalue weighted by Gasteiger charge is 2.25. The molecule has 0 saturated heterocycles. The SMILES string of the molecule is O=C1CCCc2c1ccc(O[C@@H](Cc1ncc[nH]1)c1ccccc1)c2CSc1ccc2ccccc2c1. The van der Waals surface area contributed by atoms with Gasteiger partial charge in [0.25, 0.3) is 0 Å². The van der Waals surface area contributed by atoms with Crippen LogP contribution < -0.4 is 4.74 Å². The summed E-state index contributed by atoms with van der Waals surface area (Å²) in [6, 6.07) is 29.3. The van der Waals surface area contributed by atoms with Gasteiger partial charge in [-0.25, -0.2) is 4.98 Å². The van der Waals surface area contributed by atoms with E-state index in [1.54, 1.807) is 18.0 Å². The maximum absolute atomic E-state index is 12.8. The van der Waals surface area contributed by atoms with Crippen LogP contribution in [-0.2, 0) is 18.6 Å². The van der Waals surface area contributed by atoms with Crippen molar-refractivity contribution >= 4 is 28.3 Å². The molecule has 0 fully saturated rings. The Labute approximate surface area is 221 Å². The van der Waals surface area contributed by atoms with Crippen molar-refractivity contribution in [3.63, 3.8) is 0 Å². The van der Waals surface area contributed by atoms with Gasteiger partial charge in [-0.05, 0) is 59.0 Å². The van der Waals surface area contributed by atoms with E-state index in [1.807, 2.05) is 36.5 Å². The van der Waals surface area contributed by atoms with Crippen LogP contribution in [0.15, 0.2) is 102 Å². The zero-order chi connectivity index (χ0) is 25.0. The van der Waals surface area contributed by atoms with Gasteiger partial charge in [-0.15, -0.1) is 11.8 Å². The molecule has 1 N–H and O–H groups in total. The number of nitrogens with one attached hydrogen (secondary N) is 1. The van der Waals surface area contributed by atoms with Crippen molar-refractivity contribution in [2.75, 3.05) is 0 Å². The Bertz CT molecular complexity index is 1530. The van der Waals surface area contributed by atoms with Gasteiger partial charge in [-0.2, -0.15) is 0 Å². The van der Waals surface area contributed by atoms with E-state index in [0.717, 1.165) is 52.4 Å². The zero-order valence-corrected chi connectivity index (χ0v) is 21.3. The summed E-state index contributed by atoms with van der Waals surface area (Å²) in [7, 11) is 0. The number of Topliss-reactive ketones (excluding diaryl/α,β-unsaturated/α-hetero) is 1. The lowest BCUT2D eigenvalue weighted by atomic mass is 9.87. The summed E-state index contributed by atoms with van der Waals surface area (Å²) < 4.78 is 6.78. The number of nitrogens with zero attached hydrogens (tertiary/aromatic N) is 1. The molecule has 1 aromatic heterocycles. The number of imidazole rings is 1. The van der Waals surface area contributed by atoms with Gasteiger partial charge in [0.15, 0.2) is 5.78 Å². The first kappa shape index (κ1) is 23.6. The highest BCUT2D eigenvalue weighted by atomic mass is 32.2.